The minimum Gasteiger partial charge on any atom is -0.481 e. The molecule has 11 heavy (non-hydrogen) atoms. The molecular weight excluding hydrogens is 152 g/mol. The lowest BCUT2D eigenvalue weighted by Gasteiger charge is -2.05. The molecule has 1 unspecified atom stereocenters. The van der Waals surface area contributed by atoms with Gasteiger partial charge in [-0.3, -0.25) is 14.8 Å². The average molecular weight is 162 g/mol. The standard InChI is InChI=1S/C5H10N2O4/c6-3(5(10)7-11)1-2-4(8)9/h3,11H,1-2,6H2,(H,7,10)(H,8,9). The first-order valence-corrected chi connectivity index (χ1v) is 2.99. The minimum absolute atomic E-state index is 0.0156. The molecule has 0 aromatic carbocycles. The number of carboxylic acids is 1. The molecule has 0 aliphatic rings. The maximum atomic E-state index is 10.4. The number of rotatable bonds is 4. The van der Waals surface area contributed by atoms with Crippen molar-refractivity contribution in [1.29, 1.82) is 0 Å². The molecule has 64 valence electrons. The fourth-order valence-electron chi connectivity index (χ4n) is 0.493. The predicted molar refractivity (Wildman–Crippen MR) is 34.8 cm³/mol. The normalized spacial score (nSPS) is 12.2. The minimum atomic E-state index is -1.02. The predicted octanol–water partition coefficient (Wildman–Crippen LogP) is -1.32. The highest BCUT2D eigenvalue weighted by Crippen LogP contribution is 1.93. The van der Waals surface area contributed by atoms with Crippen LogP contribution in [0, 0.1) is 0 Å². The van der Waals surface area contributed by atoms with Crippen molar-refractivity contribution in [2.24, 2.45) is 5.73 Å². The molecular formula is C5H10N2O4. The zero-order chi connectivity index (χ0) is 8.85. The monoisotopic (exact) mass is 162 g/mol. The molecule has 0 fully saturated rings. The topological polar surface area (TPSA) is 113 Å². The molecule has 0 saturated heterocycles. The third-order valence-corrected chi connectivity index (χ3v) is 1.12. The second-order valence-electron chi connectivity index (χ2n) is 2.01. The molecule has 5 N–H and O–H groups in total. The smallest absolute Gasteiger partial charge is 0.303 e. The van der Waals surface area contributed by atoms with Crippen molar-refractivity contribution >= 4 is 11.9 Å². The number of nitrogens with one attached hydrogen (secondary N) is 1. The summed E-state index contributed by atoms with van der Waals surface area (Å²) in [6.07, 6.45) is -0.170. The summed E-state index contributed by atoms with van der Waals surface area (Å²) < 4.78 is 0. The van der Waals surface area contributed by atoms with Gasteiger partial charge in [-0.15, -0.1) is 0 Å². The molecule has 1 atom stereocenters. The van der Waals surface area contributed by atoms with Crippen molar-refractivity contribution in [3.05, 3.63) is 0 Å². The van der Waals surface area contributed by atoms with Crippen LogP contribution in [0.25, 0.3) is 0 Å². The molecule has 0 aliphatic heterocycles. The number of aliphatic carboxylic acids is 1. The van der Waals surface area contributed by atoms with Gasteiger partial charge >= 0.3 is 5.97 Å². The molecule has 0 bridgehead atoms. The maximum absolute atomic E-state index is 10.4. The first kappa shape index (κ1) is 9.86. The van der Waals surface area contributed by atoms with Gasteiger partial charge in [0.25, 0.3) is 5.91 Å². The van der Waals surface area contributed by atoms with Crippen LogP contribution in [-0.4, -0.2) is 28.2 Å². The van der Waals surface area contributed by atoms with Gasteiger partial charge in [0, 0.05) is 6.42 Å². The van der Waals surface area contributed by atoms with Crippen molar-refractivity contribution in [1.82, 2.24) is 5.48 Å². The Kier molecular flexibility index (Phi) is 4.16. The summed E-state index contributed by atoms with van der Waals surface area (Å²) in [5, 5.41) is 16.2. The highest BCUT2D eigenvalue weighted by molar-refractivity contribution is 5.80. The fourth-order valence-corrected chi connectivity index (χ4v) is 0.493. The molecule has 1 amide bonds. The van der Waals surface area contributed by atoms with Gasteiger partial charge < -0.3 is 10.8 Å². The molecule has 6 heteroatoms. The molecule has 0 spiro atoms. The van der Waals surface area contributed by atoms with E-state index in [1.54, 1.807) is 0 Å². The zero-order valence-electron chi connectivity index (χ0n) is 5.78. The zero-order valence-corrected chi connectivity index (χ0v) is 5.78. The van der Waals surface area contributed by atoms with Gasteiger partial charge in [-0.1, -0.05) is 0 Å². The quantitative estimate of drug-likeness (QED) is 0.302. The van der Waals surface area contributed by atoms with Crippen LogP contribution < -0.4 is 11.2 Å². The van der Waals surface area contributed by atoms with Gasteiger partial charge in [0.1, 0.15) is 0 Å². The summed E-state index contributed by atoms with van der Waals surface area (Å²) in [4.78, 5) is 20.4. The summed E-state index contributed by atoms with van der Waals surface area (Å²) in [5.41, 5.74) is 6.47. The van der Waals surface area contributed by atoms with Crippen LogP contribution in [0.1, 0.15) is 12.8 Å². The second kappa shape index (κ2) is 4.64. The van der Waals surface area contributed by atoms with Gasteiger partial charge in [-0.25, -0.2) is 5.48 Å². The van der Waals surface area contributed by atoms with Gasteiger partial charge in [0.2, 0.25) is 0 Å². The Morgan fingerprint density at radius 1 is 1.55 bits per heavy atom. The number of hydrogen-bond acceptors (Lipinski definition) is 4. The van der Waals surface area contributed by atoms with E-state index in [4.69, 9.17) is 16.0 Å². The van der Waals surface area contributed by atoms with E-state index >= 15 is 0 Å². The van der Waals surface area contributed by atoms with Gasteiger partial charge in [0.05, 0.1) is 6.04 Å². The van der Waals surface area contributed by atoms with Crippen LogP contribution in [0.4, 0.5) is 0 Å². The molecule has 0 rings (SSSR count). The lowest BCUT2D eigenvalue weighted by Crippen LogP contribution is -2.39. The van der Waals surface area contributed by atoms with E-state index < -0.39 is 17.9 Å². The second-order valence-corrected chi connectivity index (χ2v) is 2.01. The van der Waals surface area contributed by atoms with Crippen LogP contribution in [0.15, 0.2) is 0 Å². The highest BCUT2D eigenvalue weighted by atomic mass is 16.5. The van der Waals surface area contributed by atoms with Crippen LogP contribution in [0.2, 0.25) is 0 Å². The van der Waals surface area contributed by atoms with Crippen LogP contribution in [0.5, 0.6) is 0 Å². The van der Waals surface area contributed by atoms with Crippen molar-refractivity contribution in [2.75, 3.05) is 0 Å². The van der Waals surface area contributed by atoms with Crippen LogP contribution in [-0.2, 0) is 9.59 Å². The van der Waals surface area contributed by atoms with E-state index in [1.807, 2.05) is 0 Å². The molecule has 0 radical (unpaired) electrons. The summed E-state index contributed by atoms with van der Waals surface area (Å²) in [6.45, 7) is 0. The Balaban J connectivity index is 3.60. The Labute approximate surface area is 63.0 Å². The lowest BCUT2D eigenvalue weighted by atomic mass is 10.1. The first-order chi connectivity index (χ1) is 5.07. The SMILES string of the molecule is NC(CCC(=O)O)C(=O)NO. The van der Waals surface area contributed by atoms with Gasteiger partial charge in [-0.05, 0) is 6.42 Å². The number of hydroxylamine groups is 1. The first-order valence-electron chi connectivity index (χ1n) is 2.99. The summed E-state index contributed by atoms with van der Waals surface area (Å²) in [7, 11) is 0. The summed E-state index contributed by atoms with van der Waals surface area (Å²) in [6, 6.07) is -0.962. The van der Waals surface area contributed by atoms with Crippen molar-refractivity contribution in [3.63, 3.8) is 0 Å². The van der Waals surface area contributed by atoms with Gasteiger partial charge in [-0.2, -0.15) is 0 Å². The third-order valence-electron chi connectivity index (χ3n) is 1.12. The lowest BCUT2D eigenvalue weighted by molar-refractivity contribution is -0.137. The van der Waals surface area contributed by atoms with Crippen molar-refractivity contribution in [3.8, 4) is 0 Å². The molecule has 0 aromatic heterocycles. The van der Waals surface area contributed by atoms with E-state index in [0.717, 1.165) is 0 Å². The van der Waals surface area contributed by atoms with Crippen LogP contribution in [0.3, 0.4) is 0 Å². The van der Waals surface area contributed by atoms with E-state index in [-0.39, 0.29) is 12.8 Å². The Hall–Kier alpha value is -1.14. The van der Waals surface area contributed by atoms with E-state index in [1.165, 1.54) is 5.48 Å². The van der Waals surface area contributed by atoms with Crippen molar-refractivity contribution in [2.45, 2.75) is 18.9 Å². The van der Waals surface area contributed by atoms with Crippen LogP contribution >= 0.6 is 0 Å². The number of amides is 1. The summed E-state index contributed by atoms with van der Waals surface area (Å²) >= 11 is 0. The van der Waals surface area contributed by atoms with E-state index in [2.05, 4.69) is 0 Å². The molecule has 0 saturated carbocycles. The fraction of sp³-hybridized carbons (Fsp3) is 0.600. The molecule has 0 aromatic rings. The largest absolute Gasteiger partial charge is 0.481 e. The number of hydrogen-bond donors (Lipinski definition) is 4. The number of nitrogens with two attached hydrogens (primary N) is 1. The maximum Gasteiger partial charge on any atom is 0.303 e. The molecule has 0 aliphatic carbocycles. The Morgan fingerprint density at radius 2 is 2.09 bits per heavy atom. The number of carbonyl (C=O) groups excluding carboxylic acids is 1. The molecule has 0 heterocycles. The van der Waals surface area contributed by atoms with Crippen molar-refractivity contribution < 1.29 is 19.9 Å². The average Bonchev–Trinajstić information content (AvgIpc) is 1.98. The Morgan fingerprint density at radius 3 is 2.45 bits per heavy atom. The Bertz CT molecular complexity index is 159. The number of carboxylic acid groups (broad SMARTS) is 1. The van der Waals surface area contributed by atoms with E-state index in [9.17, 15) is 9.59 Å². The molecule has 6 nitrogen and oxygen atoms in total. The van der Waals surface area contributed by atoms with Gasteiger partial charge in [0.15, 0.2) is 0 Å². The summed E-state index contributed by atoms with van der Waals surface area (Å²) in [5.74, 6) is -1.79. The van der Waals surface area contributed by atoms with E-state index in [0.29, 0.717) is 0 Å². The highest BCUT2D eigenvalue weighted by Gasteiger charge is 2.13. The third kappa shape index (κ3) is 4.29. The number of carbonyl (C=O) groups is 2.